The lowest BCUT2D eigenvalue weighted by atomic mass is 9.67. The minimum atomic E-state index is -0.0123. The van der Waals surface area contributed by atoms with Gasteiger partial charge in [0, 0.05) is 40.2 Å². The normalized spacial score (nSPS) is 22.9. The molecule has 0 bridgehead atoms. The van der Waals surface area contributed by atoms with Crippen molar-refractivity contribution in [3.63, 3.8) is 0 Å². The first-order chi connectivity index (χ1) is 12.9. The molecule has 1 aromatic rings. The van der Waals surface area contributed by atoms with Gasteiger partial charge in [0.2, 0.25) is 11.8 Å². The van der Waals surface area contributed by atoms with Crippen molar-refractivity contribution in [3.8, 4) is 0 Å². The summed E-state index contributed by atoms with van der Waals surface area (Å²) in [5, 5.41) is 0. The lowest BCUT2D eigenvalue weighted by Gasteiger charge is -2.50. The van der Waals surface area contributed by atoms with E-state index in [1.54, 1.807) is 4.90 Å². The van der Waals surface area contributed by atoms with E-state index in [4.69, 9.17) is 0 Å². The van der Waals surface area contributed by atoms with Crippen LogP contribution in [0.25, 0.3) is 0 Å². The average Bonchev–Trinajstić information content (AvgIpc) is 2.69. The van der Waals surface area contributed by atoms with Crippen LogP contribution >= 0.6 is 0 Å². The molecule has 0 unspecified atom stereocenters. The van der Waals surface area contributed by atoms with E-state index in [2.05, 4.69) is 28.9 Å². The maximum absolute atomic E-state index is 13.0. The molecule has 3 rings (SSSR count). The third-order valence-corrected chi connectivity index (χ3v) is 6.41. The Kier molecular flexibility index (Phi) is 6.20. The largest absolute Gasteiger partial charge is 0.349 e. The van der Waals surface area contributed by atoms with Gasteiger partial charge in [-0.2, -0.15) is 0 Å². The molecule has 2 aliphatic rings. The molecule has 2 fully saturated rings. The molecule has 27 heavy (non-hydrogen) atoms. The number of amides is 2. The Bertz CT molecular complexity index is 651. The molecule has 2 saturated heterocycles. The summed E-state index contributed by atoms with van der Waals surface area (Å²) in [4.78, 5) is 31.0. The van der Waals surface area contributed by atoms with Gasteiger partial charge in [0.05, 0.1) is 5.92 Å². The minimum Gasteiger partial charge on any atom is -0.349 e. The summed E-state index contributed by atoms with van der Waals surface area (Å²) >= 11 is 0. The molecule has 0 aromatic heterocycles. The Morgan fingerprint density at radius 1 is 1.19 bits per heavy atom. The molecule has 1 spiro atoms. The fourth-order valence-electron chi connectivity index (χ4n) is 4.59. The smallest absolute Gasteiger partial charge is 0.230 e. The standard InChI is InChI=1S/C22H33N3O2/c1-4-25-17-22(16-19(21(25)27)18-8-6-5-7-9-18)11-14-24(15-12-22)13-10-20(26)23(2)3/h5-9,19H,4,10-17H2,1-3H3/t19-/m1/s1. The lowest BCUT2D eigenvalue weighted by Crippen LogP contribution is -2.54. The SMILES string of the molecule is CCN1CC2(CCN(CCC(=O)N(C)C)CC2)C[C@H](c2ccccc2)C1=O. The fourth-order valence-corrected chi connectivity index (χ4v) is 4.59. The monoisotopic (exact) mass is 371 g/mol. The van der Waals surface area contributed by atoms with Crippen molar-refractivity contribution in [2.75, 3.05) is 46.8 Å². The lowest BCUT2D eigenvalue weighted by molar-refractivity contribution is -0.141. The Balaban J connectivity index is 1.65. The number of hydrogen-bond donors (Lipinski definition) is 0. The van der Waals surface area contributed by atoms with Crippen molar-refractivity contribution in [2.24, 2.45) is 5.41 Å². The number of likely N-dealkylation sites (tertiary alicyclic amines) is 2. The number of likely N-dealkylation sites (N-methyl/N-ethyl adjacent to an activating group) is 1. The molecule has 1 aromatic carbocycles. The molecule has 2 aliphatic heterocycles. The molecule has 5 nitrogen and oxygen atoms in total. The first-order valence-electron chi connectivity index (χ1n) is 10.2. The van der Waals surface area contributed by atoms with Gasteiger partial charge in [-0.05, 0) is 50.3 Å². The van der Waals surface area contributed by atoms with Crippen LogP contribution in [0.3, 0.4) is 0 Å². The molecule has 0 aliphatic carbocycles. The second-order valence-corrected chi connectivity index (χ2v) is 8.40. The zero-order valence-electron chi connectivity index (χ0n) is 17.0. The van der Waals surface area contributed by atoms with E-state index >= 15 is 0 Å². The molecule has 0 N–H and O–H groups in total. The van der Waals surface area contributed by atoms with E-state index in [0.29, 0.717) is 6.42 Å². The van der Waals surface area contributed by atoms with Gasteiger partial charge in [-0.15, -0.1) is 0 Å². The summed E-state index contributed by atoms with van der Waals surface area (Å²) in [5.74, 6) is 0.468. The van der Waals surface area contributed by atoms with Gasteiger partial charge in [0.15, 0.2) is 0 Å². The summed E-state index contributed by atoms with van der Waals surface area (Å²) in [6.07, 6.45) is 3.76. The number of rotatable bonds is 5. The summed E-state index contributed by atoms with van der Waals surface area (Å²) in [7, 11) is 3.63. The van der Waals surface area contributed by atoms with Crippen LogP contribution in [0.4, 0.5) is 0 Å². The maximum Gasteiger partial charge on any atom is 0.230 e. The van der Waals surface area contributed by atoms with Crippen molar-refractivity contribution < 1.29 is 9.59 Å². The molecule has 2 heterocycles. The average molecular weight is 372 g/mol. The highest BCUT2D eigenvalue weighted by atomic mass is 16.2. The van der Waals surface area contributed by atoms with Gasteiger partial charge in [-0.25, -0.2) is 0 Å². The third kappa shape index (κ3) is 4.52. The number of piperidine rings is 2. The zero-order chi connectivity index (χ0) is 19.4. The van der Waals surface area contributed by atoms with Crippen molar-refractivity contribution in [2.45, 2.75) is 38.5 Å². The Morgan fingerprint density at radius 3 is 2.44 bits per heavy atom. The number of carbonyl (C=O) groups is 2. The predicted molar refractivity (Wildman–Crippen MR) is 107 cm³/mol. The predicted octanol–water partition coefficient (Wildman–Crippen LogP) is 2.58. The van der Waals surface area contributed by atoms with E-state index in [-0.39, 0.29) is 23.1 Å². The quantitative estimate of drug-likeness (QED) is 0.799. The first-order valence-corrected chi connectivity index (χ1v) is 10.2. The van der Waals surface area contributed by atoms with Crippen LogP contribution in [-0.4, -0.2) is 73.3 Å². The summed E-state index contributed by atoms with van der Waals surface area (Å²) < 4.78 is 0. The number of nitrogens with zero attached hydrogens (tertiary/aromatic N) is 3. The van der Waals surface area contributed by atoms with Crippen molar-refractivity contribution in [3.05, 3.63) is 35.9 Å². The number of benzene rings is 1. The van der Waals surface area contributed by atoms with Gasteiger partial charge in [-0.3, -0.25) is 9.59 Å². The van der Waals surface area contributed by atoms with Crippen LogP contribution in [0.1, 0.15) is 44.1 Å². The fraction of sp³-hybridized carbons (Fsp3) is 0.636. The highest BCUT2D eigenvalue weighted by molar-refractivity contribution is 5.84. The van der Waals surface area contributed by atoms with Crippen molar-refractivity contribution >= 4 is 11.8 Å². The number of hydrogen-bond acceptors (Lipinski definition) is 3. The van der Waals surface area contributed by atoms with Crippen molar-refractivity contribution in [1.82, 2.24) is 14.7 Å². The van der Waals surface area contributed by atoms with Gasteiger partial charge < -0.3 is 14.7 Å². The minimum absolute atomic E-state index is 0.0123. The second kappa shape index (κ2) is 8.42. The summed E-state index contributed by atoms with van der Waals surface area (Å²) in [6, 6.07) is 10.3. The molecule has 148 valence electrons. The van der Waals surface area contributed by atoms with Crippen LogP contribution < -0.4 is 0 Å². The second-order valence-electron chi connectivity index (χ2n) is 8.40. The van der Waals surface area contributed by atoms with Gasteiger partial charge in [0.25, 0.3) is 0 Å². The highest BCUT2D eigenvalue weighted by Crippen LogP contribution is 2.45. The maximum atomic E-state index is 13.0. The Labute approximate surface area is 163 Å². The van der Waals surface area contributed by atoms with E-state index in [9.17, 15) is 9.59 Å². The zero-order valence-corrected chi connectivity index (χ0v) is 17.0. The molecule has 0 saturated carbocycles. The Hall–Kier alpha value is -1.88. The molecular weight excluding hydrogens is 338 g/mol. The summed E-state index contributed by atoms with van der Waals surface area (Å²) in [5.41, 5.74) is 1.37. The van der Waals surface area contributed by atoms with Crippen LogP contribution in [0.2, 0.25) is 0 Å². The first kappa shape index (κ1) is 19.9. The van der Waals surface area contributed by atoms with Gasteiger partial charge in [0.1, 0.15) is 0 Å². The van der Waals surface area contributed by atoms with Crippen LogP contribution in [0.5, 0.6) is 0 Å². The molecule has 2 amide bonds. The third-order valence-electron chi connectivity index (χ3n) is 6.41. The van der Waals surface area contributed by atoms with E-state index in [0.717, 1.165) is 57.5 Å². The van der Waals surface area contributed by atoms with Crippen molar-refractivity contribution in [1.29, 1.82) is 0 Å². The summed E-state index contributed by atoms with van der Waals surface area (Å²) in [6.45, 7) is 6.63. The van der Waals surface area contributed by atoms with Crippen LogP contribution in [-0.2, 0) is 9.59 Å². The molecule has 5 heteroatoms. The van der Waals surface area contributed by atoms with E-state index in [1.165, 1.54) is 0 Å². The highest BCUT2D eigenvalue weighted by Gasteiger charge is 2.45. The number of carbonyl (C=O) groups excluding carboxylic acids is 2. The molecule has 1 atom stereocenters. The van der Waals surface area contributed by atoms with Crippen LogP contribution in [0.15, 0.2) is 30.3 Å². The van der Waals surface area contributed by atoms with Gasteiger partial charge >= 0.3 is 0 Å². The van der Waals surface area contributed by atoms with Gasteiger partial charge in [-0.1, -0.05) is 30.3 Å². The van der Waals surface area contributed by atoms with E-state index < -0.39 is 0 Å². The van der Waals surface area contributed by atoms with Crippen LogP contribution in [0, 0.1) is 5.41 Å². The molecule has 0 radical (unpaired) electrons. The topological polar surface area (TPSA) is 43.9 Å². The molecular formula is C22H33N3O2. The Morgan fingerprint density at radius 2 is 1.85 bits per heavy atom. The van der Waals surface area contributed by atoms with E-state index in [1.807, 2.05) is 32.3 Å².